The SMILES string of the molecule is CCc1c(-c2ccc(COC)nc2)ccc2ncc(C(=O)O)c(NC3CCCOC3)c12. The lowest BCUT2D eigenvalue weighted by Crippen LogP contribution is -2.31. The first kappa shape index (κ1) is 21.2. The van der Waals surface area contributed by atoms with Crippen LogP contribution >= 0.6 is 0 Å². The van der Waals surface area contributed by atoms with Crippen LogP contribution in [0.3, 0.4) is 0 Å². The van der Waals surface area contributed by atoms with Crippen LogP contribution in [0, 0.1) is 0 Å². The normalized spacial score (nSPS) is 16.4. The molecule has 1 aliphatic heterocycles. The van der Waals surface area contributed by atoms with Gasteiger partial charge >= 0.3 is 5.97 Å². The second-order valence-corrected chi connectivity index (χ2v) is 7.72. The molecule has 0 aliphatic carbocycles. The maximum absolute atomic E-state index is 12.0. The van der Waals surface area contributed by atoms with Gasteiger partial charge in [0.05, 0.1) is 30.1 Å². The van der Waals surface area contributed by atoms with Gasteiger partial charge in [-0.3, -0.25) is 9.97 Å². The van der Waals surface area contributed by atoms with E-state index in [2.05, 4.69) is 22.2 Å². The van der Waals surface area contributed by atoms with Crippen molar-refractivity contribution in [3.63, 3.8) is 0 Å². The summed E-state index contributed by atoms with van der Waals surface area (Å²) in [4.78, 5) is 21.0. The number of aromatic carboxylic acids is 1. The number of carbonyl (C=O) groups is 1. The van der Waals surface area contributed by atoms with Crippen LogP contribution in [0.5, 0.6) is 0 Å². The average Bonchev–Trinajstić information content (AvgIpc) is 2.79. The third kappa shape index (κ3) is 4.38. The summed E-state index contributed by atoms with van der Waals surface area (Å²) < 4.78 is 10.8. The summed E-state index contributed by atoms with van der Waals surface area (Å²) in [5, 5.41) is 14.2. The number of carboxylic acids is 1. The van der Waals surface area contributed by atoms with E-state index in [1.165, 1.54) is 6.20 Å². The molecule has 7 nitrogen and oxygen atoms in total. The number of anilines is 1. The minimum atomic E-state index is -0.994. The van der Waals surface area contributed by atoms with Crippen LogP contribution in [0.15, 0.2) is 36.7 Å². The lowest BCUT2D eigenvalue weighted by Gasteiger charge is -2.26. The van der Waals surface area contributed by atoms with Crippen LogP contribution in [0.2, 0.25) is 0 Å². The molecule has 0 saturated carbocycles. The molecule has 1 aromatic carbocycles. The van der Waals surface area contributed by atoms with E-state index in [-0.39, 0.29) is 11.6 Å². The fraction of sp³-hybridized carbons (Fsp3) is 0.375. The van der Waals surface area contributed by atoms with Crippen molar-refractivity contribution in [3.05, 3.63) is 53.5 Å². The van der Waals surface area contributed by atoms with Crippen LogP contribution in [-0.2, 0) is 22.5 Å². The minimum absolute atomic E-state index is 0.0702. The molecular formula is C24H27N3O4. The first-order chi connectivity index (χ1) is 15.1. The first-order valence-electron chi connectivity index (χ1n) is 10.6. The number of methoxy groups -OCH3 is 1. The maximum atomic E-state index is 12.0. The van der Waals surface area contributed by atoms with Crippen molar-refractivity contribution in [2.24, 2.45) is 0 Å². The lowest BCUT2D eigenvalue weighted by molar-refractivity contribution is 0.0696. The highest BCUT2D eigenvalue weighted by molar-refractivity contribution is 6.07. The molecule has 1 atom stereocenters. The summed E-state index contributed by atoms with van der Waals surface area (Å²) in [7, 11) is 1.65. The minimum Gasteiger partial charge on any atom is -0.478 e. The summed E-state index contributed by atoms with van der Waals surface area (Å²) in [6, 6.07) is 8.03. The molecule has 1 saturated heterocycles. The quantitative estimate of drug-likeness (QED) is 0.588. The molecule has 3 aromatic rings. The van der Waals surface area contributed by atoms with Crippen molar-refractivity contribution in [1.82, 2.24) is 9.97 Å². The van der Waals surface area contributed by atoms with Crippen molar-refractivity contribution in [2.45, 2.75) is 38.8 Å². The number of aryl methyl sites for hydroxylation is 1. The molecule has 0 amide bonds. The summed E-state index contributed by atoms with van der Waals surface area (Å²) in [6.45, 7) is 3.85. The molecule has 7 heteroatoms. The Bertz CT molecular complexity index is 1080. The molecule has 2 aromatic heterocycles. The van der Waals surface area contributed by atoms with Gasteiger partial charge in [0.15, 0.2) is 0 Å². The molecule has 162 valence electrons. The maximum Gasteiger partial charge on any atom is 0.339 e. The van der Waals surface area contributed by atoms with Gasteiger partial charge in [-0.25, -0.2) is 4.79 Å². The number of nitrogens with one attached hydrogen (secondary N) is 1. The third-order valence-electron chi connectivity index (χ3n) is 5.66. The fourth-order valence-electron chi connectivity index (χ4n) is 4.18. The zero-order chi connectivity index (χ0) is 21.8. The van der Waals surface area contributed by atoms with Crippen LogP contribution in [-0.4, -0.2) is 47.4 Å². The van der Waals surface area contributed by atoms with Gasteiger partial charge in [0.1, 0.15) is 5.56 Å². The standard InChI is InChI=1S/C24H27N3O4/c1-3-18-19(15-6-7-16(13-30-2)25-11-15)8-9-21-22(18)23(20(12-26-21)24(28)29)27-17-5-4-10-31-14-17/h6-9,11-12,17H,3-5,10,13-14H2,1-2H3,(H,26,27)(H,28,29). The number of hydrogen-bond acceptors (Lipinski definition) is 6. The van der Waals surface area contributed by atoms with Gasteiger partial charge in [0.25, 0.3) is 0 Å². The Balaban J connectivity index is 1.87. The molecule has 0 bridgehead atoms. The average molecular weight is 421 g/mol. The monoisotopic (exact) mass is 421 g/mol. The van der Waals surface area contributed by atoms with Gasteiger partial charge in [-0.05, 0) is 42.5 Å². The number of pyridine rings is 2. The molecule has 0 radical (unpaired) electrons. The molecule has 0 spiro atoms. The van der Waals surface area contributed by atoms with Crippen LogP contribution in [0.1, 0.15) is 41.4 Å². The van der Waals surface area contributed by atoms with E-state index in [4.69, 9.17) is 9.47 Å². The zero-order valence-electron chi connectivity index (χ0n) is 17.9. The number of aromatic nitrogens is 2. The van der Waals surface area contributed by atoms with Crippen molar-refractivity contribution >= 4 is 22.6 Å². The van der Waals surface area contributed by atoms with Crippen molar-refractivity contribution < 1.29 is 19.4 Å². The van der Waals surface area contributed by atoms with Crippen molar-refractivity contribution in [3.8, 4) is 11.1 Å². The number of carboxylic acid groups (broad SMARTS) is 1. The highest BCUT2D eigenvalue weighted by Gasteiger charge is 2.22. The number of rotatable bonds is 7. The first-order valence-corrected chi connectivity index (χ1v) is 10.6. The molecule has 3 heterocycles. The number of fused-ring (bicyclic) bond motifs is 1. The van der Waals surface area contributed by atoms with E-state index < -0.39 is 5.97 Å². The van der Waals surface area contributed by atoms with Crippen LogP contribution in [0.25, 0.3) is 22.0 Å². The molecular weight excluding hydrogens is 394 g/mol. The van der Waals surface area contributed by atoms with E-state index in [1.807, 2.05) is 30.5 Å². The second kappa shape index (κ2) is 9.41. The largest absolute Gasteiger partial charge is 0.478 e. The molecule has 2 N–H and O–H groups in total. The molecule has 4 rings (SSSR count). The van der Waals surface area contributed by atoms with E-state index in [1.54, 1.807) is 7.11 Å². The molecule has 1 aliphatic rings. The van der Waals surface area contributed by atoms with Gasteiger partial charge in [-0.2, -0.15) is 0 Å². The van der Waals surface area contributed by atoms with Crippen molar-refractivity contribution in [1.29, 1.82) is 0 Å². The number of nitrogens with zero attached hydrogens (tertiary/aromatic N) is 2. The van der Waals surface area contributed by atoms with Gasteiger partial charge in [-0.15, -0.1) is 0 Å². The molecule has 1 unspecified atom stereocenters. The van der Waals surface area contributed by atoms with E-state index in [0.29, 0.717) is 18.9 Å². The highest BCUT2D eigenvalue weighted by atomic mass is 16.5. The van der Waals surface area contributed by atoms with Crippen molar-refractivity contribution in [2.75, 3.05) is 25.6 Å². The van der Waals surface area contributed by atoms with Gasteiger partial charge in [0.2, 0.25) is 0 Å². The predicted molar refractivity (Wildman–Crippen MR) is 119 cm³/mol. The van der Waals surface area contributed by atoms with Gasteiger partial charge in [0, 0.05) is 43.1 Å². The Hall–Kier alpha value is -3.03. The highest BCUT2D eigenvalue weighted by Crippen LogP contribution is 2.36. The Labute approximate surface area is 181 Å². The van der Waals surface area contributed by atoms with E-state index in [0.717, 1.165) is 59.2 Å². The third-order valence-corrected chi connectivity index (χ3v) is 5.66. The zero-order valence-corrected chi connectivity index (χ0v) is 17.9. The summed E-state index contributed by atoms with van der Waals surface area (Å²) in [5.74, 6) is -0.994. The van der Waals surface area contributed by atoms with E-state index in [9.17, 15) is 9.90 Å². The molecule has 31 heavy (non-hydrogen) atoms. The Kier molecular flexibility index (Phi) is 6.44. The lowest BCUT2D eigenvalue weighted by atomic mass is 9.92. The Morgan fingerprint density at radius 3 is 2.77 bits per heavy atom. The Morgan fingerprint density at radius 2 is 2.13 bits per heavy atom. The Morgan fingerprint density at radius 1 is 1.26 bits per heavy atom. The summed E-state index contributed by atoms with van der Waals surface area (Å²) >= 11 is 0. The van der Waals surface area contributed by atoms with Gasteiger partial charge < -0.3 is 19.9 Å². The van der Waals surface area contributed by atoms with E-state index >= 15 is 0 Å². The number of ether oxygens (including phenoxy) is 2. The topological polar surface area (TPSA) is 93.6 Å². The smallest absolute Gasteiger partial charge is 0.339 e. The fourth-order valence-corrected chi connectivity index (χ4v) is 4.18. The molecule has 1 fully saturated rings. The van der Waals surface area contributed by atoms with Gasteiger partial charge in [-0.1, -0.05) is 19.1 Å². The summed E-state index contributed by atoms with van der Waals surface area (Å²) in [6.07, 6.45) is 5.90. The summed E-state index contributed by atoms with van der Waals surface area (Å²) in [5.41, 5.74) is 5.49. The van der Waals surface area contributed by atoms with Crippen LogP contribution < -0.4 is 5.32 Å². The predicted octanol–water partition coefficient (Wildman–Crippen LogP) is 4.29. The number of benzene rings is 1. The van der Waals surface area contributed by atoms with Crippen LogP contribution in [0.4, 0.5) is 5.69 Å². The number of hydrogen-bond donors (Lipinski definition) is 2. The second-order valence-electron chi connectivity index (χ2n) is 7.72.